The lowest BCUT2D eigenvalue weighted by atomic mass is 9.76. The van der Waals surface area contributed by atoms with Crippen molar-refractivity contribution in [3.05, 3.63) is 53.7 Å². The number of carbonyl (C=O) groups is 3. The van der Waals surface area contributed by atoms with Gasteiger partial charge in [0.25, 0.3) is 5.91 Å². The smallest absolute Gasteiger partial charge is 0.325 e. The van der Waals surface area contributed by atoms with Gasteiger partial charge in [-0.05, 0) is 42.5 Å². The molecule has 8 heteroatoms. The van der Waals surface area contributed by atoms with Crippen molar-refractivity contribution < 1.29 is 19.5 Å². The minimum absolute atomic E-state index is 0.0210. The Labute approximate surface area is 155 Å². The molecular formula is C19H18N4O4. The quantitative estimate of drug-likeness (QED) is 0.713. The van der Waals surface area contributed by atoms with Crippen LogP contribution in [0.3, 0.4) is 0 Å². The van der Waals surface area contributed by atoms with E-state index >= 15 is 0 Å². The molecule has 0 bridgehead atoms. The number of amides is 4. The maximum Gasteiger partial charge on any atom is 0.325 e. The van der Waals surface area contributed by atoms with Crippen molar-refractivity contribution >= 4 is 23.7 Å². The first-order chi connectivity index (χ1) is 13.0. The number of nitrogens with one attached hydrogen (secondary N) is 2. The second-order valence-electron chi connectivity index (χ2n) is 6.66. The summed E-state index contributed by atoms with van der Waals surface area (Å²) in [7, 11) is 0. The normalized spacial score (nSPS) is 21.1. The van der Waals surface area contributed by atoms with Crippen molar-refractivity contribution in [2.45, 2.75) is 24.8 Å². The van der Waals surface area contributed by atoms with Crippen LogP contribution >= 0.6 is 0 Å². The van der Waals surface area contributed by atoms with E-state index in [1.807, 2.05) is 24.3 Å². The monoisotopic (exact) mass is 366 g/mol. The summed E-state index contributed by atoms with van der Waals surface area (Å²) in [5, 5.41) is 14.9. The largest absolute Gasteiger partial charge is 0.504 e. The molecule has 1 spiro atoms. The van der Waals surface area contributed by atoms with Crippen LogP contribution in [0.5, 0.6) is 5.75 Å². The molecule has 2 aliphatic rings. The van der Waals surface area contributed by atoms with E-state index in [4.69, 9.17) is 0 Å². The third-order valence-corrected chi connectivity index (χ3v) is 5.00. The van der Waals surface area contributed by atoms with Gasteiger partial charge in [-0.1, -0.05) is 24.3 Å². The van der Waals surface area contributed by atoms with Gasteiger partial charge in [0.2, 0.25) is 5.91 Å². The molecule has 4 rings (SSSR count). The summed E-state index contributed by atoms with van der Waals surface area (Å²) in [6, 6.07) is 9.85. The number of hydrogen-bond acceptors (Lipinski definition) is 5. The number of rotatable bonds is 3. The molecule has 4 amide bonds. The number of anilines is 1. The van der Waals surface area contributed by atoms with E-state index in [9.17, 15) is 19.5 Å². The van der Waals surface area contributed by atoms with E-state index < -0.39 is 29.9 Å². The van der Waals surface area contributed by atoms with Gasteiger partial charge in [-0.2, -0.15) is 0 Å². The molecule has 8 nitrogen and oxygen atoms in total. The van der Waals surface area contributed by atoms with Gasteiger partial charge in [0.15, 0.2) is 11.6 Å². The molecule has 1 atom stereocenters. The number of hydrogen-bond donors (Lipinski definition) is 3. The summed E-state index contributed by atoms with van der Waals surface area (Å²) in [4.78, 5) is 42.6. The minimum Gasteiger partial charge on any atom is -0.504 e. The van der Waals surface area contributed by atoms with Crippen LogP contribution in [0.15, 0.2) is 42.6 Å². The maximum atomic E-state index is 13.1. The Morgan fingerprint density at radius 1 is 1.26 bits per heavy atom. The maximum absolute atomic E-state index is 13.1. The summed E-state index contributed by atoms with van der Waals surface area (Å²) >= 11 is 0. The van der Waals surface area contributed by atoms with Crippen molar-refractivity contribution in [2.24, 2.45) is 0 Å². The SMILES string of the molecule is O=C(CN1C(=O)N[C@@]2(CCCc3ccccc32)C1=O)Nc1ncccc1O. The Balaban J connectivity index is 1.56. The zero-order chi connectivity index (χ0) is 19.0. The molecule has 2 heterocycles. The minimum atomic E-state index is -1.11. The standard InChI is InChI=1S/C19H18N4O4/c24-14-8-4-10-20-16(14)21-15(25)11-23-17(26)19(22-18(23)27)9-3-6-12-5-1-2-7-13(12)19/h1-2,4-5,7-8,10,24H,3,6,9,11H2,(H,22,27)(H,20,21,25)/t19-/m1/s1. The van der Waals surface area contributed by atoms with Gasteiger partial charge in [-0.3, -0.25) is 14.5 Å². The molecule has 1 aromatic carbocycles. The highest BCUT2D eigenvalue weighted by Gasteiger charge is 2.54. The second kappa shape index (κ2) is 6.39. The van der Waals surface area contributed by atoms with Crippen molar-refractivity contribution in [3.8, 4) is 5.75 Å². The Bertz CT molecular complexity index is 945. The first-order valence-electron chi connectivity index (χ1n) is 8.67. The van der Waals surface area contributed by atoms with E-state index in [0.717, 1.165) is 28.9 Å². The van der Waals surface area contributed by atoms with Crippen LogP contribution in [0.2, 0.25) is 0 Å². The molecule has 1 aromatic heterocycles. The second-order valence-corrected chi connectivity index (χ2v) is 6.66. The molecule has 1 saturated heterocycles. The van der Waals surface area contributed by atoms with Gasteiger partial charge in [0, 0.05) is 6.20 Å². The number of nitrogens with zero attached hydrogens (tertiary/aromatic N) is 2. The fourth-order valence-corrected chi connectivity index (χ4v) is 3.76. The van der Waals surface area contributed by atoms with Gasteiger partial charge in [-0.15, -0.1) is 0 Å². The number of fused-ring (bicyclic) bond motifs is 2. The first-order valence-corrected chi connectivity index (χ1v) is 8.67. The van der Waals surface area contributed by atoms with Crippen LogP contribution in [0.1, 0.15) is 24.0 Å². The van der Waals surface area contributed by atoms with E-state index in [1.54, 1.807) is 0 Å². The van der Waals surface area contributed by atoms with Crippen molar-refractivity contribution in [3.63, 3.8) is 0 Å². The Morgan fingerprint density at radius 2 is 2.07 bits per heavy atom. The highest BCUT2D eigenvalue weighted by Crippen LogP contribution is 2.39. The van der Waals surface area contributed by atoms with E-state index in [2.05, 4.69) is 15.6 Å². The molecule has 138 valence electrons. The molecular weight excluding hydrogens is 348 g/mol. The van der Waals surface area contributed by atoms with Crippen LogP contribution in [-0.2, 0) is 21.5 Å². The van der Waals surface area contributed by atoms with Crippen LogP contribution in [-0.4, -0.2) is 39.4 Å². The zero-order valence-electron chi connectivity index (χ0n) is 14.4. The summed E-state index contributed by atoms with van der Waals surface area (Å²) < 4.78 is 0. The average molecular weight is 366 g/mol. The molecule has 1 aliphatic heterocycles. The number of carbonyl (C=O) groups excluding carboxylic acids is 3. The number of urea groups is 1. The Kier molecular flexibility index (Phi) is 4.02. The van der Waals surface area contributed by atoms with Gasteiger partial charge in [-0.25, -0.2) is 9.78 Å². The fourth-order valence-electron chi connectivity index (χ4n) is 3.76. The van der Waals surface area contributed by atoms with Gasteiger partial charge in [0.1, 0.15) is 12.1 Å². The zero-order valence-corrected chi connectivity index (χ0v) is 14.4. The number of imide groups is 1. The molecule has 0 saturated carbocycles. The lowest BCUT2D eigenvalue weighted by molar-refractivity contribution is -0.134. The number of benzene rings is 1. The Morgan fingerprint density at radius 3 is 2.89 bits per heavy atom. The highest BCUT2D eigenvalue weighted by atomic mass is 16.3. The van der Waals surface area contributed by atoms with Crippen molar-refractivity contribution in [1.29, 1.82) is 0 Å². The molecule has 0 unspecified atom stereocenters. The first kappa shape index (κ1) is 17.0. The van der Waals surface area contributed by atoms with Crippen LogP contribution in [0.25, 0.3) is 0 Å². The number of aromatic nitrogens is 1. The van der Waals surface area contributed by atoms with Gasteiger partial charge >= 0.3 is 6.03 Å². The average Bonchev–Trinajstić information content (AvgIpc) is 2.89. The van der Waals surface area contributed by atoms with Crippen molar-refractivity contribution in [1.82, 2.24) is 15.2 Å². The van der Waals surface area contributed by atoms with Crippen LogP contribution in [0.4, 0.5) is 10.6 Å². The molecule has 1 fully saturated rings. The number of aryl methyl sites for hydroxylation is 1. The predicted octanol–water partition coefficient (Wildman–Crippen LogP) is 1.51. The van der Waals surface area contributed by atoms with E-state index in [-0.39, 0.29) is 11.6 Å². The summed E-state index contributed by atoms with van der Waals surface area (Å²) in [6.45, 7) is -0.454. The number of aromatic hydroxyl groups is 1. The van der Waals surface area contributed by atoms with Crippen LogP contribution in [0, 0.1) is 0 Å². The molecule has 0 radical (unpaired) electrons. The predicted molar refractivity (Wildman–Crippen MR) is 95.8 cm³/mol. The molecule has 27 heavy (non-hydrogen) atoms. The highest BCUT2D eigenvalue weighted by molar-refractivity contribution is 6.10. The van der Waals surface area contributed by atoms with E-state index in [1.165, 1.54) is 18.3 Å². The Hall–Kier alpha value is -3.42. The summed E-state index contributed by atoms with van der Waals surface area (Å²) in [6.07, 6.45) is 3.52. The van der Waals surface area contributed by atoms with Crippen LogP contribution < -0.4 is 10.6 Å². The molecule has 3 N–H and O–H groups in total. The lowest BCUT2D eigenvalue weighted by Crippen LogP contribution is -2.47. The topological polar surface area (TPSA) is 112 Å². The van der Waals surface area contributed by atoms with E-state index in [0.29, 0.717) is 6.42 Å². The number of pyridine rings is 1. The molecule has 1 aliphatic carbocycles. The van der Waals surface area contributed by atoms with Gasteiger partial charge < -0.3 is 15.7 Å². The third kappa shape index (κ3) is 2.79. The van der Waals surface area contributed by atoms with Gasteiger partial charge in [0.05, 0.1) is 0 Å². The van der Waals surface area contributed by atoms with Crippen molar-refractivity contribution in [2.75, 3.05) is 11.9 Å². The fraction of sp³-hybridized carbons (Fsp3) is 0.263. The molecule has 2 aromatic rings. The summed E-state index contributed by atoms with van der Waals surface area (Å²) in [5.41, 5.74) is 0.710. The lowest BCUT2D eigenvalue weighted by Gasteiger charge is -2.33. The third-order valence-electron chi connectivity index (χ3n) is 5.00. The summed E-state index contributed by atoms with van der Waals surface area (Å²) in [5.74, 6) is -1.26.